The smallest absolute Gasteiger partial charge is 0.325 e. The third-order valence-corrected chi connectivity index (χ3v) is 4.38. The maximum Gasteiger partial charge on any atom is 0.325 e. The first kappa shape index (κ1) is 15.7. The lowest BCUT2D eigenvalue weighted by molar-refractivity contribution is -0.142. The molecule has 0 spiro atoms. The Morgan fingerprint density at radius 1 is 1.39 bits per heavy atom. The van der Waals surface area contributed by atoms with E-state index in [-0.39, 0.29) is 0 Å². The van der Waals surface area contributed by atoms with E-state index in [0.29, 0.717) is 26.1 Å². The summed E-state index contributed by atoms with van der Waals surface area (Å²) in [5, 5.41) is 13.7. The van der Waals surface area contributed by atoms with E-state index in [9.17, 15) is 9.90 Å². The van der Waals surface area contributed by atoms with Gasteiger partial charge in [0.2, 0.25) is 0 Å². The van der Waals surface area contributed by atoms with Gasteiger partial charge in [0.15, 0.2) is 0 Å². The van der Waals surface area contributed by atoms with Crippen molar-refractivity contribution in [3.8, 4) is 5.69 Å². The summed E-state index contributed by atoms with van der Waals surface area (Å²) in [5.74, 6) is -0.920. The minimum atomic E-state index is -1.12. The largest absolute Gasteiger partial charge is 0.480 e. The van der Waals surface area contributed by atoms with Crippen molar-refractivity contribution in [1.82, 2.24) is 14.7 Å². The van der Waals surface area contributed by atoms with Gasteiger partial charge in [0.05, 0.1) is 11.4 Å². The summed E-state index contributed by atoms with van der Waals surface area (Å²) in [6, 6.07) is 10.2. The molecule has 1 aliphatic rings. The summed E-state index contributed by atoms with van der Waals surface area (Å²) >= 11 is 0. The summed E-state index contributed by atoms with van der Waals surface area (Å²) in [6.07, 6.45) is 0.486. The molecule has 122 valence electrons. The molecule has 1 aromatic carbocycles. The van der Waals surface area contributed by atoms with Gasteiger partial charge in [-0.25, -0.2) is 4.68 Å². The molecular weight excluding hydrogens is 292 g/mol. The number of rotatable bonds is 4. The fourth-order valence-corrected chi connectivity index (χ4v) is 3.16. The number of aromatic nitrogens is 2. The van der Waals surface area contributed by atoms with Gasteiger partial charge >= 0.3 is 5.97 Å². The zero-order chi connectivity index (χ0) is 16.6. The van der Waals surface area contributed by atoms with Crippen molar-refractivity contribution in [2.75, 3.05) is 13.1 Å². The van der Waals surface area contributed by atoms with Crippen LogP contribution in [0.15, 0.2) is 30.3 Å². The molecule has 0 amide bonds. The topological polar surface area (TPSA) is 84.4 Å². The fourth-order valence-electron chi connectivity index (χ4n) is 3.16. The number of carbonyl (C=O) groups is 1. The molecule has 0 saturated carbocycles. The quantitative estimate of drug-likeness (QED) is 0.893. The van der Waals surface area contributed by atoms with Gasteiger partial charge in [-0.1, -0.05) is 12.1 Å². The van der Waals surface area contributed by atoms with E-state index in [1.807, 2.05) is 42.8 Å². The van der Waals surface area contributed by atoms with Crippen molar-refractivity contribution < 1.29 is 9.90 Å². The monoisotopic (exact) mass is 314 g/mol. The number of aliphatic carboxylic acids is 1. The molecule has 3 N–H and O–H groups in total. The number of carboxylic acid groups (broad SMARTS) is 1. The van der Waals surface area contributed by atoms with Gasteiger partial charge in [-0.3, -0.25) is 9.69 Å². The molecule has 1 aliphatic heterocycles. The minimum Gasteiger partial charge on any atom is -0.480 e. The van der Waals surface area contributed by atoms with E-state index < -0.39 is 11.5 Å². The molecule has 1 saturated heterocycles. The lowest BCUT2D eigenvalue weighted by atomic mass is 10.0. The Morgan fingerprint density at radius 2 is 2.17 bits per heavy atom. The van der Waals surface area contributed by atoms with Crippen molar-refractivity contribution in [2.24, 2.45) is 5.73 Å². The molecular formula is C17H22N4O2. The summed E-state index contributed by atoms with van der Waals surface area (Å²) < 4.78 is 1.92. The third kappa shape index (κ3) is 3.13. The molecule has 6 heteroatoms. The molecule has 1 atom stereocenters. The molecule has 0 bridgehead atoms. The first-order valence-electron chi connectivity index (χ1n) is 7.75. The Hall–Kier alpha value is -2.18. The molecule has 1 aromatic heterocycles. The zero-order valence-corrected chi connectivity index (χ0v) is 13.5. The van der Waals surface area contributed by atoms with E-state index in [2.05, 4.69) is 16.1 Å². The summed E-state index contributed by atoms with van der Waals surface area (Å²) in [4.78, 5) is 13.3. The molecule has 3 rings (SSSR count). The van der Waals surface area contributed by atoms with Gasteiger partial charge < -0.3 is 10.8 Å². The highest BCUT2D eigenvalue weighted by Crippen LogP contribution is 2.22. The number of likely N-dealkylation sites (tertiary alicyclic amines) is 1. The lowest BCUT2D eigenvalue weighted by Crippen LogP contribution is -2.50. The van der Waals surface area contributed by atoms with Gasteiger partial charge in [0, 0.05) is 25.3 Å². The maximum atomic E-state index is 11.2. The van der Waals surface area contributed by atoms with E-state index in [0.717, 1.165) is 22.6 Å². The fraction of sp³-hybridized carbons (Fsp3) is 0.412. The zero-order valence-electron chi connectivity index (χ0n) is 13.5. The van der Waals surface area contributed by atoms with Crippen LogP contribution in [0.1, 0.15) is 23.4 Å². The van der Waals surface area contributed by atoms with Crippen LogP contribution in [0.3, 0.4) is 0 Å². The van der Waals surface area contributed by atoms with Crippen LogP contribution >= 0.6 is 0 Å². The average Bonchev–Trinajstić information content (AvgIpc) is 3.03. The van der Waals surface area contributed by atoms with Crippen LogP contribution in [0.5, 0.6) is 0 Å². The van der Waals surface area contributed by atoms with Crippen molar-refractivity contribution in [3.05, 3.63) is 47.3 Å². The number of benzene rings is 1. The van der Waals surface area contributed by atoms with Crippen LogP contribution in [-0.2, 0) is 11.3 Å². The predicted molar refractivity (Wildman–Crippen MR) is 87.5 cm³/mol. The average molecular weight is 314 g/mol. The number of aryl methyl sites for hydroxylation is 2. The highest BCUT2D eigenvalue weighted by atomic mass is 16.4. The second-order valence-electron chi connectivity index (χ2n) is 6.43. The predicted octanol–water partition coefficient (Wildman–Crippen LogP) is 1.48. The van der Waals surface area contributed by atoms with Crippen molar-refractivity contribution >= 4 is 5.97 Å². The van der Waals surface area contributed by atoms with Crippen LogP contribution in [0.25, 0.3) is 5.69 Å². The second-order valence-corrected chi connectivity index (χ2v) is 6.43. The molecule has 6 nitrogen and oxygen atoms in total. The van der Waals surface area contributed by atoms with Crippen LogP contribution in [0.4, 0.5) is 0 Å². The Balaban J connectivity index is 1.77. The van der Waals surface area contributed by atoms with Crippen LogP contribution in [0.2, 0.25) is 0 Å². The molecule has 2 heterocycles. The highest BCUT2D eigenvalue weighted by Gasteiger charge is 2.41. The molecule has 23 heavy (non-hydrogen) atoms. The molecule has 2 aromatic rings. The van der Waals surface area contributed by atoms with Gasteiger partial charge in [0.25, 0.3) is 0 Å². The Kier molecular flexibility index (Phi) is 3.95. The first-order chi connectivity index (χ1) is 10.9. The Morgan fingerprint density at radius 3 is 2.78 bits per heavy atom. The van der Waals surface area contributed by atoms with E-state index in [1.165, 1.54) is 0 Å². The highest BCUT2D eigenvalue weighted by molar-refractivity contribution is 5.79. The molecule has 0 radical (unpaired) electrons. The maximum absolute atomic E-state index is 11.2. The lowest BCUT2D eigenvalue weighted by Gasteiger charge is -2.20. The van der Waals surface area contributed by atoms with E-state index in [4.69, 9.17) is 5.73 Å². The van der Waals surface area contributed by atoms with Gasteiger partial charge in [-0.15, -0.1) is 0 Å². The Labute approximate surface area is 135 Å². The van der Waals surface area contributed by atoms with E-state index >= 15 is 0 Å². The second kappa shape index (κ2) is 5.79. The van der Waals surface area contributed by atoms with Gasteiger partial charge in [-0.05, 0) is 44.0 Å². The van der Waals surface area contributed by atoms with Gasteiger partial charge in [-0.2, -0.15) is 5.10 Å². The minimum absolute atomic E-state index is 0.381. The normalized spacial score (nSPS) is 21.7. The summed E-state index contributed by atoms with van der Waals surface area (Å²) in [5.41, 5.74) is 9.04. The third-order valence-electron chi connectivity index (χ3n) is 4.38. The number of nitrogens with zero attached hydrogens (tertiary/aromatic N) is 3. The summed E-state index contributed by atoms with van der Waals surface area (Å²) in [7, 11) is 0. The Bertz CT molecular complexity index is 740. The SMILES string of the molecule is Cc1cc(C)n(-c2cccc(CN3CC[C@@](N)(C(=O)O)C3)c2)n1. The number of carboxylic acids is 1. The number of hydrogen-bond acceptors (Lipinski definition) is 4. The first-order valence-corrected chi connectivity index (χ1v) is 7.75. The molecule has 1 fully saturated rings. The van der Waals surface area contributed by atoms with Crippen molar-refractivity contribution in [3.63, 3.8) is 0 Å². The van der Waals surface area contributed by atoms with Crippen LogP contribution < -0.4 is 5.73 Å². The summed E-state index contributed by atoms with van der Waals surface area (Å²) in [6.45, 7) is 5.78. The van der Waals surface area contributed by atoms with E-state index in [1.54, 1.807) is 0 Å². The standard InChI is InChI=1S/C17H22N4O2/c1-12-8-13(2)21(19-12)15-5-3-4-14(9-15)10-20-7-6-17(18,11-20)16(22)23/h3-5,8-9H,6-7,10-11,18H2,1-2H3,(H,22,23)/t17-/m0/s1. The van der Waals surface area contributed by atoms with Crippen LogP contribution in [-0.4, -0.2) is 44.4 Å². The van der Waals surface area contributed by atoms with Gasteiger partial charge in [0.1, 0.15) is 5.54 Å². The van der Waals surface area contributed by atoms with Crippen LogP contribution in [0, 0.1) is 13.8 Å². The number of nitrogens with two attached hydrogens (primary N) is 1. The number of hydrogen-bond donors (Lipinski definition) is 2. The van der Waals surface area contributed by atoms with Crippen molar-refractivity contribution in [2.45, 2.75) is 32.4 Å². The van der Waals surface area contributed by atoms with Crippen molar-refractivity contribution in [1.29, 1.82) is 0 Å². The molecule has 0 aliphatic carbocycles. The molecule has 0 unspecified atom stereocenters.